The van der Waals surface area contributed by atoms with Crippen LogP contribution in [0.3, 0.4) is 0 Å². The molecule has 0 bridgehead atoms. The van der Waals surface area contributed by atoms with Crippen LogP contribution in [0.2, 0.25) is 0 Å². The third-order valence-corrected chi connectivity index (χ3v) is 3.12. The Hall–Kier alpha value is -2.24. The summed E-state index contributed by atoms with van der Waals surface area (Å²) in [6, 6.07) is 6.63. The van der Waals surface area contributed by atoms with Gasteiger partial charge in [-0.2, -0.15) is 0 Å². The van der Waals surface area contributed by atoms with Gasteiger partial charge in [0.1, 0.15) is 11.8 Å². The molecular formula is C14H19N3O3. The molecule has 1 heterocycles. The van der Waals surface area contributed by atoms with Crippen LogP contribution in [0.25, 0.3) is 0 Å². The minimum absolute atomic E-state index is 0.152. The summed E-state index contributed by atoms with van der Waals surface area (Å²) in [7, 11) is 0. The molecule has 6 heteroatoms. The van der Waals surface area contributed by atoms with E-state index in [1.54, 1.807) is 0 Å². The minimum Gasteiger partial charge on any atom is -0.494 e. The van der Waals surface area contributed by atoms with Crippen molar-refractivity contribution in [2.24, 2.45) is 0 Å². The highest BCUT2D eigenvalue weighted by Gasteiger charge is 2.27. The lowest BCUT2D eigenvalue weighted by atomic mass is 10.1. The average Bonchev–Trinajstić information content (AvgIpc) is 2.86. The Balaban J connectivity index is 1.97. The molecule has 0 saturated carbocycles. The van der Waals surface area contributed by atoms with Crippen LogP contribution >= 0.6 is 0 Å². The van der Waals surface area contributed by atoms with Crippen LogP contribution in [0.5, 0.6) is 5.75 Å². The van der Waals surface area contributed by atoms with Gasteiger partial charge in [-0.15, -0.1) is 0 Å². The molecule has 3 amide bonds. The second-order valence-electron chi connectivity index (χ2n) is 4.64. The van der Waals surface area contributed by atoms with E-state index in [1.807, 2.05) is 38.1 Å². The van der Waals surface area contributed by atoms with Gasteiger partial charge in [0.2, 0.25) is 5.91 Å². The van der Waals surface area contributed by atoms with Gasteiger partial charge in [-0.25, -0.2) is 4.79 Å². The number of hydrogen-bond acceptors (Lipinski definition) is 3. The fraction of sp³-hybridized carbons (Fsp3) is 0.429. The van der Waals surface area contributed by atoms with E-state index in [-0.39, 0.29) is 18.0 Å². The van der Waals surface area contributed by atoms with Crippen molar-refractivity contribution in [1.82, 2.24) is 16.0 Å². The van der Waals surface area contributed by atoms with Crippen molar-refractivity contribution in [3.63, 3.8) is 0 Å². The fourth-order valence-electron chi connectivity index (χ4n) is 2.05. The van der Waals surface area contributed by atoms with Gasteiger partial charge >= 0.3 is 6.03 Å². The number of carbonyl (C=O) groups is 2. The standard InChI is InChI=1S/C14H19N3O3/c1-3-20-11-6-4-5-10(7-11)9(2)16-13(18)12-8-15-14(19)17-12/h4-7,9,12H,3,8H2,1-2H3,(H,16,18)(H2,15,17,19)/t9-,12+/m0/s1. The maximum atomic E-state index is 12.0. The van der Waals surface area contributed by atoms with E-state index in [1.165, 1.54) is 0 Å². The third kappa shape index (κ3) is 3.40. The molecule has 0 unspecified atom stereocenters. The first kappa shape index (κ1) is 14.2. The van der Waals surface area contributed by atoms with Gasteiger partial charge in [0.15, 0.2) is 0 Å². The van der Waals surface area contributed by atoms with Gasteiger partial charge in [0, 0.05) is 6.54 Å². The maximum absolute atomic E-state index is 12.0. The van der Waals surface area contributed by atoms with Crippen molar-refractivity contribution in [3.05, 3.63) is 29.8 Å². The zero-order chi connectivity index (χ0) is 14.5. The molecule has 20 heavy (non-hydrogen) atoms. The molecule has 1 aromatic rings. The SMILES string of the molecule is CCOc1cccc([C@H](C)NC(=O)[C@H]2CNC(=O)N2)c1. The quantitative estimate of drug-likeness (QED) is 0.749. The van der Waals surface area contributed by atoms with Crippen LogP contribution in [0.4, 0.5) is 4.79 Å². The molecule has 108 valence electrons. The zero-order valence-electron chi connectivity index (χ0n) is 11.6. The second kappa shape index (κ2) is 6.27. The summed E-state index contributed by atoms with van der Waals surface area (Å²) in [5.74, 6) is 0.583. The van der Waals surface area contributed by atoms with Gasteiger partial charge in [-0.05, 0) is 31.5 Å². The molecule has 0 aromatic heterocycles. The predicted molar refractivity (Wildman–Crippen MR) is 74.5 cm³/mol. The van der Waals surface area contributed by atoms with Crippen molar-refractivity contribution >= 4 is 11.9 Å². The van der Waals surface area contributed by atoms with Crippen LogP contribution in [0, 0.1) is 0 Å². The molecule has 3 N–H and O–H groups in total. The average molecular weight is 277 g/mol. The highest BCUT2D eigenvalue weighted by atomic mass is 16.5. The van der Waals surface area contributed by atoms with E-state index in [9.17, 15) is 9.59 Å². The Morgan fingerprint density at radius 2 is 2.35 bits per heavy atom. The number of carbonyl (C=O) groups excluding carboxylic acids is 2. The molecule has 1 aromatic carbocycles. The number of nitrogens with one attached hydrogen (secondary N) is 3. The maximum Gasteiger partial charge on any atom is 0.315 e. The summed E-state index contributed by atoms with van der Waals surface area (Å²) < 4.78 is 5.44. The molecule has 1 aliphatic rings. The van der Waals surface area contributed by atoms with Crippen LogP contribution in [0.15, 0.2) is 24.3 Å². The minimum atomic E-state index is -0.514. The Bertz CT molecular complexity index is 504. The summed E-state index contributed by atoms with van der Waals surface area (Å²) in [5.41, 5.74) is 0.960. The summed E-state index contributed by atoms with van der Waals surface area (Å²) in [4.78, 5) is 23.0. The monoisotopic (exact) mass is 277 g/mol. The molecule has 0 radical (unpaired) electrons. The Morgan fingerprint density at radius 3 is 3.00 bits per heavy atom. The van der Waals surface area contributed by atoms with Crippen LogP contribution in [-0.2, 0) is 4.79 Å². The van der Waals surface area contributed by atoms with Crippen molar-refractivity contribution in [2.45, 2.75) is 25.9 Å². The Morgan fingerprint density at radius 1 is 1.55 bits per heavy atom. The van der Waals surface area contributed by atoms with E-state index < -0.39 is 6.04 Å². The van der Waals surface area contributed by atoms with Crippen LogP contribution < -0.4 is 20.7 Å². The molecule has 2 rings (SSSR count). The third-order valence-electron chi connectivity index (χ3n) is 3.12. The number of ether oxygens (including phenoxy) is 1. The van der Waals surface area contributed by atoms with E-state index in [2.05, 4.69) is 16.0 Å². The van der Waals surface area contributed by atoms with Gasteiger partial charge in [0.25, 0.3) is 0 Å². The first-order valence-electron chi connectivity index (χ1n) is 6.67. The summed E-state index contributed by atoms with van der Waals surface area (Å²) in [6.07, 6.45) is 0. The largest absolute Gasteiger partial charge is 0.494 e. The molecule has 0 aliphatic carbocycles. The highest BCUT2D eigenvalue weighted by molar-refractivity contribution is 5.90. The first-order valence-corrected chi connectivity index (χ1v) is 6.67. The smallest absolute Gasteiger partial charge is 0.315 e. The zero-order valence-corrected chi connectivity index (χ0v) is 11.6. The molecule has 1 aliphatic heterocycles. The molecule has 2 atom stereocenters. The lowest BCUT2D eigenvalue weighted by molar-refractivity contribution is -0.123. The summed E-state index contributed by atoms with van der Waals surface area (Å²) in [5, 5.41) is 7.99. The van der Waals surface area contributed by atoms with Crippen molar-refractivity contribution < 1.29 is 14.3 Å². The van der Waals surface area contributed by atoms with Crippen molar-refractivity contribution in [3.8, 4) is 5.75 Å². The van der Waals surface area contributed by atoms with Gasteiger partial charge in [-0.3, -0.25) is 4.79 Å². The lowest BCUT2D eigenvalue weighted by Crippen LogP contribution is -2.43. The normalized spacial score (nSPS) is 18.9. The van der Waals surface area contributed by atoms with E-state index in [0.717, 1.165) is 11.3 Å². The van der Waals surface area contributed by atoms with Gasteiger partial charge in [-0.1, -0.05) is 12.1 Å². The molecule has 6 nitrogen and oxygen atoms in total. The predicted octanol–water partition coefficient (Wildman–Crippen LogP) is 0.944. The van der Waals surface area contributed by atoms with Crippen LogP contribution in [0.1, 0.15) is 25.5 Å². The topological polar surface area (TPSA) is 79.5 Å². The number of amides is 3. The lowest BCUT2D eigenvalue weighted by Gasteiger charge is -2.17. The van der Waals surface area contributed by atoms with Gasteiger partial charge in [0.05, 0.1) is 12.6 Å². The number of rotatable bonds is 5. The summed E-state index contributed by atoms with van der Waals surface area (Å²) >= 11 is 0. The van der Waals surface area contributed by atoms with Crippen molar-refractivity contribution in [2.75, 3.05) is 13.2 Å². The van der Waals surface area contributed by atoms with Gasteiger partial charge < -0.3 is 20.7 Å². The second-order valence-corrected chi connectivity index (χ2v) is 4.64. The molecule has 1 fully saturated rings. The van der Waals surface area contributed by atoms with Crippen LogP contribution in [-0.4, -0.2) is 31.1 Å². The number of benzene rings is 1. The highest BCUT2D eigenvalue weighted by Crippen LogP contribution is 2.19. The number of hydrogen-bond donors (Lipinski definition) is 3. The molecular weight excluding hydrogens is 258 g/mol. The first-order chi connectivity index (χ1) is 9.60. The Kier molecular flexibility index (Phi) is 4.45. The Labute approximate surface area is 117 Å². The molecule has 1 saturated heterocycles. The van der Waals surface area contributed by atoms with E-state index in [0.29, 0.717) is 13.2 Å². The summed E-state index contributed by atoms with van der Waals surface area (Å²) in [6.45, 7) is 4.74. The van der Waals surface area contributed by atoms with E-state index >= 15 is 0 Å². The molecule has 0 spiro atoms. The number of urea groups is 1. The van der Waals surface area contributed by atoms with Crippen molar-refractivity contribution in [1.29, 1.82) is 0 Å². The fourth-order valence-corrected chi connectivity index (χ4v) is 2.05. The van der Waals surface area contributed by atoms with E-state index in [4.69, 9.17) is 4.74 Å².